The summed E-state index contributed by atoms with van der Waals surface area (Å²) in [5.41, 5.74) is 4.20. The molecule has 28 heavy (non-hydrogen) atoms. The highest BCUT2D eigenvalue weighted by molar-refractivity contribution is 5.50. The molecule has 3 aromatic rings. The molecule has 1 aliphatic rings. The molecule has 1 saturated heterocycles. The van der Waals surface area contributed by atoms with Crippen molar-refractivity contribution in [2.75, 3.05) is 36.0 Å². The summed E-state index contributed by atoms with van der Waals surface area (Å²) in [6.45, 7) is 14.5. The molecule has 7 heteroatoms. The number of aryl methyl sites for hydroxylation is 1. The highest BCUT2D eigenvalue weighted by atomic mass is 15.3. The molecule has 4 heterocycles. The first-order valence-electron chi connectivity index (χ1n) is 9.98. The fourth-order valence-electron chi connectivity index (χ4n) is 3.60. The molecule has 0 atom stereocenters. The molecule has 0 N–H and O–H groups in total. The van der Waals surface area contributed by atoms with Crippen LogP contribution >= 0.6 is 0 Å². The van der Waals surface area contributed by atoms with Gasteiger partial charge >= 0.3 is 0 Å². The minimum Gasteiger partial charge on any atom is -0.354 e. The van der Waals surface area contributed by atoms with Crippen LogP contribution in [0, 0.1) is 13.8 Å². The van der Waals surface area contributed by atoms with Crippen LogP contribution in [0.25, 0.3) is 5.65 Å². The van der Waals surface area contributed by atoms with Crippen molar-refractivity contribution in [1.29, 1.82) is 0 Å². The lowest BCUT2D eigenvalue weighted by Crippen LogP contribution is -2.32. The number of anilines is 2. The Morgan fingerprint density at radius 1 is 0.929 bits per heavy atom. The average molecular weight is 380 g/mol. The molecule has 0 radical (unpaired) electrons. The summed E-state index contributed by atoms with van der Waals surface area (Å²) in [5, 5.41) is 4.84. The predicted molar refractivity (Wildman–Crippen MR) is 112 cm³/mol. The fourth-order valence-corrected chi connectivity index (χ4v) is 3.60. The van der Waals surface area contributed by atoms with Crippen molar-refractivity contribution in [2.45, 2.75) is 46.5 Å². The van der Waals surface area contributed by atoms with Gasteiger partial charge in [-0.3, -0.25) is 0 Å². The van der Waals surface area contributed by atoms with E-state index in [1.807, 2.05) is 11.4 Å². The maximum absolute atomic E-state index is 4.84. The Morgan fingerprint density at radius 3 is 2.46 bits per heavy atom. The van der Waals surface area contributed by atoms with Crippen LogP contribution in [0.4, 0.5) is 11.6 Å². The topological polar surface area (TPSA) is 62.5 Å². The molecule has 3 aromatic heterocycles. The number of aromatic nitrogens is 5. The van der Waals surface area contributed by atoms with Gasteiger partial charge in [-0.15, -0.1) is 5.10 Å². The van der Waals surface area contributed by atoms with Crippen LogP contribution in [0.2, 0.25) is 0 Å². The Kier molecular flexibility index (Phi) is 4.69. The highest BCUT2D eigenvalue weighted by Crippen LogP contribution is 2.24. The van der Waals surface area contributed by atoms with E-state index in [1.165, 1.54) is 5.56 Å². The van der Waals surface area contributed by atoms with Crippen LogP contribution in [0.1, 0.15) is 44.1 Å². The lowest BCUT2D eigenvalue weighted by atomic mass is 9.93. The molecule has 0 aromatic carbocycles. The largest absolute Gasteiger partial charge is 0.354 e. The Balaban J connectivity index is 1.55. The lowest BCUT2D eigenvalue weighted by Gasteiger charge is -2.24. The van der Waals surface area contributed by atoms with E-state index < -0.39 is 0 Å². The minimum absolute atomic E-state index is 0.0184. The van der Waals surface area contributed by atoms with Crippen LogP contribution < -0.4 is 9.80 Å². The Hall–Kier alpha value is -2.70. The fraction of sp³-hybridized carbons (Fsp3) is 0.524. The molecule has 0 bridgehead atoms. The zero-order valence-electron chi connectivity index (χ0n) is 17.5. The van der Waals surface area contributed by atoms with Gasteiger partial charge in [0.15, 0.2) is 5.65 Å². The van der Waals surface area contributed by atoms with Gasteiger partial charge in [-0.1, -0.05) is 20.8 Å². The molecule has 4 rings (SSSR count). The van der Waals surface area contributed by atoms with E-state index >= 15 is 0 Å². The van der Waals surface area contributed by atoms with Crippen molar-refractivity contribution >= 4 is 17.3 Å². The van der Waals surface area contributed by atoms with E-state index in [4.69, 9.17) is 10.1 Å². The Bertz CT molecular complexity index is 986. The van der Waals surface area contributed by atoms with Crippen molar-refractivity contribution in [3.63, 3.8) is 0 Å². The minimum atomic E-state index is 0.0184. The lowest BCUT2D eigenvalue weighted by molar-refractivity contribution is 0.572. The van der Waals surface area contributed by atoms with Crippen molar-refractivity contribution in [2.24, 2.45) is 0 Å². The molecule has 0 spiro atoms. The molecule has 1 fully saturated rings. The summed E-state index contributed by atoms with van der Waals surface area (Å²) in [5.74, 6) is 2.06. The number of hydrogen-bond donors (Lipinski definition) is 0. The molecular weight excluding hydrogens is 350 g/mol. The van der Waals surface area contributed by atoms with Crippen LogP contribution in [0.3, 0.4) is 0 Å². The predicted octanol–water partition coefficient (Wildman–Crippen LogP) is 3.15. The van der Waals surface area contributed by atoms with Crippen molar-refractivity contribution in [3.8, 4) is 0 Å². The molecule has 0 aliphatic carbocycles. The number of imidazole rings is 1. The quantitative estimate of drug-likeness (QED) is 0.682. The summed E-state index contributed by atoms with van der Waals surface area (Å²) in [4.78, 5) is 18.3. The van der Waals surface area contributed by atoms with Gasteiger partial charge in [0.2, 0.25) is 0 Å². The molecule has 0 saturated carbocycles. The third-order valence-electron chi connectivity index (χ3n) is 5.50. The van der Waals surface area contributed by atoms with Gasteiger partial charge in [0.1, 0.15) is 18.0 Å². The summed E-state index contributed by atoms with van der Waals surface area (Å²) in [6.07, 6.45) is 4.79. The van der Waals surface area contributed by atoms with Gasteiger partial charge in [-0.2, -0.15) is 0 Å². The van der Waals surface area contributed by atoms with E-state index in [9.17, 15) is 0 Å². The first-order chi connectivity index (χ1) is 13.3. The normalized spacial score (nSPS) is 15.9. The molecule has 148 valence electrons. The monoisotopic (exact) mass is 379 g/mol. The maximum Gasteiger partial charge on any atom is 0.153 e. The zero-order valence-corrected chi connectivity index (χ0v) is 17.5. The Labute approximate surface area is 166 Å². The zero-order chi connectivity index (χ0) is 19.9. The second-order valence-corrected chi connectivity index (χ2v) is 8.61. The van der Waals surface area contributed by atoms with E-state index in [-0.39, 0.29) is 5.41 Å². The van der Waals surface area contributed by atoms with Gasteiger partial charge in [0.05, 0.1) is 11.9 Å². The molecule has 7 nitrogen and oxygen atoms in total. The SMILES string of the molecule is Cc1ncnc(N2CCCN(c3ccc4nc(C(C)(C)C)cn4n3)CC2)c1C. The van der Waals surface area contributed by atoms with Crippen molar-refractivity contribution < 1.29 is 0 Å². The van der Waals surface area contributed by atoms with E-state index in [1.54, 1.807) is 6.33 Å². The smallest absolute Gasteiger partial charge is 0.153 e. The van der Waals surface area contributed by atoms with Gasteiger partial charge in [-0.05, 0) is 32.4 Å². The van der Waals surface area contributed by atoms with E-state index in [0.717, 1.165) is 61.3 Å². The van der Waals surface area contributed by atoms with Crippen LogP contribution in [-0.4, -0.2) is 50.7 Å². The van der Waals surface area contributed by atoms with Gasteiger partial charge in [0.25, 0.3) is 0 Å². The Morgan fingerprint density at radius 2 is 1.68 bits per heavy atom. The highest BCUT2D eigenvalue weighted by Gasteiger charge is 2.21. The maximum atomic E-state index is 4.84. The van der Waals surface area contributed by atoms with E-state index in [0.29, 0.717) is 0 Å². The third-order valence-corrected chi connectivity index (χ3v) is 5.50. The third kappa shape index (κ3) is 3.53. The summed E-state index contributed by atoms with van der Waals surface area (Å²) >= 11 is 0. The standard InChI is InChI=1S/C21H29N7/c1-15-16(2)22-14-23-20(15)27-10-6-9-26(11-12-27)19-8-7-18-24-17(21(3,4)5)13-28(18)25-19/h7-8,13-14H,6,9-12H2,1-5H3. The molecule has 1 aliphatic heterocycles. The van der Waals surface area contributed by atoms with Gasteiger partial charge in [0, 0.05) is 42.9 Å². The number of hydrogen-bond acceptors (Lipinski definition) is 6. The van der Waals surface area contributed by atoms with Gasteiger partial charge in [-0.25, -0.2) is 19.5 Å². The second kappa shape index (κ2) is 7.04. The summed E-state index contributed by atoms with van der Waals surface area (Å²) in [7, 11) is 0. The van der Waals surface area contributed by atoms with Gasteiger partial charge < -0.3 is 9.80 Å². The van der Waals surface area contributed by atoms with Crippen molar-refractivity contribution in [1.82, 2.24) is 24.6 Å². The summed E-state index contributed by atoms with van der Waals surface area (Å²) in [6, 6.07) is 4.16. The van der Waals surface area contributed by atoms with Crippen LogP contribution in [0.5, 0.6) is 0 Å². The number of fused-ring (bicyclic) bond motifs is 1. The van der Waals surface area contributed by atoms with Crippen LogP contribution in [0.15, 0.2) is 24.7 Å². The first kappa shape index (κ1) is 18.7. The molecule has 0 unspecified atom stereocenters. The molecular formula is C21H29N7. The van der Waals surface area contributed by atoms with Crippen molar-refractivity contribution in [3.05, 3.63) is 41.6 Å². The first-order valence-corrected chi connectivity index (χ1v) is 9.98. The van der Waals surface area contributed by atoms with E-state index in [2.05, 4.69) is 65.8 Å². The number of nitrogens with zero attached hydrogens (tertiary/aromatic N) is 7. The summed E-state index contributed by atoms with van der Waals surface area (Å²) < 4.78 is 1.91. The average Bonchev–Trinajstić information content (AvgIpc) is 2.94. The number of rotatable bonds is 2. The second-order valence-electron chi connectivity index (χ2n) is 8.61. The molecule has 0 amide bonds. The van der Waals surface area contributed by atoms with Crippen LogP contribution in [-0.2, 0) is 5.41 Å².